The van der Waals surface area contributed by atoms with Gasteiger partial charge in [-0.1, -0.05) is 41.6 Å². The van der Waals surface area contributed by atoms with Crippen molar-refractivity contribution in [3.05, 3.63) is 63.7 Å². The summed E-state index contributed by atoms with van der Waals surface area (Å²) in [5.74, 6) is 0.368. The number of carbonyl (C=O) groups excluding carboxylic acids is 1. The second kappa shape index (κ2) is 10.9. The lowest BCUT2D eigenvalue weighted by Crippen LogP contribution is -2.15. The van der Waals surface area contributed by atoms with Crippen molar-refractivity contribution in [2.45, 2.75) is 18.1 Å². The van der Waals surface area contributed by atoms with Gasteiger partial charge in [0.2, 0.25) is 5.91 Å². The maximum Gasteiger partial charge on any atom is 0.271 e. The maximum atomic E-state index is 12.4. The van der Waals surface area contributed by atoms with E-state index in [4.69, 9.17) is 16.3 Å². The van der Waals surface area contributed by atoms with Crippen LogP contribution in [0.4, 0.5) is 11.4 Å². The van der Waals surface area contributed by atoms with Gasteiger partial charge in [-0.15, -0.1) is 10.2 Å². The molecule has 2 aromatic carbocycles. The normalized spacial score (nSPS) is 10.8. The Balaban J connectivity index is 1.73. The van der Waals surface area contributed by atoms with Crippen LogP contribution in [0.3, 0.4) is 0 Å². The number of nitrogens with zero attached hydrogens (tertiary/aromatic N) is 4. The third-order valence-corrected chi connectivity index (χ3v) is 5.53. The largest absolute Gasteiger partial charge is 0.385 e. The van der Waals surface area contributed by atoms with Crippen LogP contribution in [0.5, 0.6) is 0 Å². The number of non-ortho nitro benzene ring substituents is 1. The van der Waals surface area contributed by atoms with Crippen molar-refractivity contribution in [1.82, 2.24) is 14.8 Å². The molecule has 1 N–H and O–H groups in total. The topological polar surface area (TPSA) is 112 Å². The van der Waals surface area contributed by atoms with E-state index in [1.807, 2.05) is 22.8 Å². The smallest absolute Gasteiger partial charge is 0.271 e. The van der Waals surface area contributed by atoms with Crippen LogP contribution in [0.25, 0.3) is 11.4 Å². The first-order valence-electron chi connectivity index (χ1n) is 9.33. The van der Waals surface area contributed by atoms with Crippen molar-refractivity contribution in [2.75, 3.05) is 24.8 Å². The highest BCUT2D eigenvalue weighted by Gasteiger charge is 2.17. The fourth-order valence-corrected chi connectivity index (χ4v) is 3.82. The van der Waals surface area contributed by atoms with Crippen LogP contribution in [0.15, 0.2) is 53.7 Å². The number of nitro groups is 1. The second-order valence-electron chi connectivity index (χ2n) is 6.43. The number of anilines is 1. The highest BCUT2D eigenvalue weighted by molar-refractivity contribution is 7.99. The number of hydrogen-bond acceptors (Lipinski definition) is 7. The molecular formula is C20H20ClN5O4S. The highest BCUT2D eigenvalue weighted by Crippen LogP contribution is 2.29. The summed E-state index contributed by atoms with van der Waals surface area (Å²) >= 11 is 7.55. The summed E-state index contributed by atoms with van der Waals surface area (Å²) < 4.78 is 7.05. The van der Waals surface area contributed by atoms with Gasteiger partial charge in [0.15, 0.2) is 11.0 Å². The van der Waals surface area contributed by atoms with Gasteiger partial charge in [-0.05, 0) is 24.6 Å². The van der Waals surface area contributed by atoms with Crippen molar-refractivity contribution in [3.8, 4) is 11.4 Å². The molecular weight excluding hydrogens is 442 g/mol. The van der Waals surface area contributed by atoms with E-state index in [-0.39, 0.29) is 17.3 Å². The Morgan fingerprint density at radius 3 is 2.81 bits per heavy atom. The first-order valence-corrected chi connectivity index (χ1v) is 10.7. The number of methoxy groups -OCH3 is 1. The fourth-order valence-electron chi connectivity index (χ4n) is 2.83. The van der Waals surface area contributed by atoms with Crippen LogP contribution in [0.1, 0.15) is 6.42 Å². The van der Waals surface area contributed by atoms with E-state index in [1.54, 1.807) is 19.2 Å². The van der Waals surface area contributed by atoms with Crippen LogP contribution in [0, 0.1) is 10.1 Å². The molecule has 0 aliphatic carbocycles. The number of hydrogen-bond donors (Lipinski definition) is 1. The summed E-state index contributed by atoms with van der Waals surface area (Å²) in [5, 5.41) is 23.2. The summed E-state index contributed by atoms with van der Waals surface area (Å²) in [5.41, 5.74) is 1.02. The molecule has 9 nitrogen and oxygen atoms in total. The fraction of sp³-hybridized carbons (Fsp3) is 0.250. The summed E-state index contributed by atoms with van der Waals surface area (Å²) in [4.78, 5) is 22.7. The Morgan fingerprint density at radius 2 is 2.06 bits per heavy atom. The number of benzene rings is 2. The van der Waals surface area contributed by atoms with Crippen molar-refractivity contribution in [2.24, 2.45) is 0 Å². The third-order valence-electron chi connectivity index (χ3n) is 4.23. The first-order chi connectivity index (χ1) is 15.0. The number of rotatable bonds is 10. The Morgan fingerprint density at radius 1 is 1.26 bits per heavy atom. The van der Waals surface area contributed by atoms with E-state index in [9.17, 15) is 14.9 Å². The van der Waals surface area contributed by atoms with Crippen molar-refractivity contribution in [1.29, 1.82) is 0 Å². The van der Waals surface area contributed by atoms with E-state index in [1.165, 1.54) is 30.0 Å². The lowest BCUT2D eigenvalue weighted by molar-refractivity contribution is -0.384. The molecule has 162 valence electrons. The van der Waals surface area contributed by atoms with Gasteiger partial charge in [0.05, 0.1) is 15.7 Å². The van der Waals surface area contributed by atoms with Crippen molar-refractivity contribution < 1.29 is 14.5 Å². The average Bonchev–Trinajstić information content (AvgIpc) is 3.15. The molecule has 11 heteroatoms. The minimum absolute atomic E-state index is 0.0631. The molecule has 0 radical (unpaired) electrons. The molecule has 1 heterocycles. The van der Waals surface area contributed by atoms with Crippen LogP contribution < -0.4 is 5.32 Å². The Bertz CT molecular complexity index is 1080. The molecule has 3 rings (SSSR count). The molecule has 0 fully saturated rings. The van der Waals surface area contributed by atoms with Gasteiger partial charge >= 0.3 is 0 Å². The zero-order valence-corrected chi connectivity index (χ0v) is 18.2. The number of ether oxygens (including phenoxy) is 1. The molecule has 0 aliphatic heterocycles. The maximum absolute atomic E-state index is 12.4. The van der Waals surface area contributed by atoms with E-state index in [2.05, 4.69) is 15.5 Å². The second-order valence-corrected chi connectivity index (χ2v) is 7.78. The molecule has 1 amide bonds. The van der Waals surface area contributed by atoms with Gasteiger partial charge in [-0.25, -0.2) is 0 Å². The van der Waals surface area contributed by atoms with Crippen molar-refractivity contribution in [3.63, 3.8) is 0 Å². The Hall–Kier alpha value is -2.95. The van der Waals surface area contributed by atoms with E-state index < -0.39 is 4.92 Å². The molecule has 0 atom stereocenters. The van der Waals surface area contributed by atoms with Gasteiger partial charge < -0.3 is 14.6 Å². The van der Waals surface area contributed by atoms with Crippen LogP contribution >= 0.6 is 23.4 Å². The minimum atomic E-state index is -0.511. The van der Waals surface area contributed by atoms with Crippen LogP contribution in [-0.2, 0) is 16.1 Å². The summed E-state index contributed by atoms with van der Waals surface area (Å²) in [6, 6.07) is 13.1. The molecule has 0 unspecified atom stereocenters. The molecule has 0 spiro atoms. The monoisotopic (exact) mass is 461 g/mol. The summed E-state index contributed by atoms with van der Waals surface area (Å²) in [6.45, 7) is 1.16. The number of thioether (sulfide) groups is 1. The molecule has 0 aliphatic rings. The lowest BCUT2D eigenvalue weighted by atomic mass is 10.2. The van der Waals surface area contributed by atoms with Gasteiger partial charge in [0.25, 0.3) is 5.69 Å². The zero-order valence-electron chi connectivity index (χ0n) is 16.7. The van der Waals surface area contributed by atoms with E-state index in [0.29, 0.717) is 34.8 Å². The predicted molar refractivity (Wildman–Crippen MR) is 119 cm³/mol. The Labute approximate surface area is 187 Å². The lowest BCUT2D eigenvalue weighted by Gasteiger charge is -2.11. The average molecular weight is 462 g/mol. The Kier molecular flexibility index (Phi) is 7.99. The number of aromatic nitrogens is 3. The number of nitro benzene ring substituents is 1. The predicted octanol–water partition coefficient (Wildman–Crippen LogP) is 4.27. The van der Waals surface area contributed by atoms with Crippen LogP contribution in [-0.4, -0.2) is 45.1 Å². The van der Waals surface area contributed by atoms with E-state index in [0.717, 1.165) is 12.0 Å². The summed E-state index contributed by atoms with van der Waals surface area (Å²) in [6.07, 6.45) is 0.736. The first kappa shape index (κ1) is 22.7. The number of carbonyl (C=O) groups is 1. The van der Waals surface area contributed by atoms with Gasteiger partial charge in [-0.2, -0.15) is 0 Å². The number of halogens is 1. The van der Waals surface area contributed by atoms with Gasteiger partial charge in [-0.3, -0.25) is 14.9 Å². The molecule has 3 aromatic rings. The molecule has 31 heavy (non-hydrogen) atoms. The van der Waals surface area contributed by atoms with Gasteiger partial charge in [0, 0.05) is 43.6 Å². The van der Waals surface area contributed by atoms with E-state index >= 15 is 0 Å². The SMILES string of the molecule is COCCCn1c(SCC(=O)Nc2cccc([N+](=O)[O-])c2)nnc1-c1ccccc1Cl. The molecule has 0 saturated heterocycles. The standard InChI is InChI=1S/C20H20ClN5O4S/c1-30-11-5-10-25-19(16-8-2-3-9-17(16)21)23-24-20(25)31-13-18(27)22-14-6-4-7-15(12-14)26(28)29/h2-4,6-9,12H,5,10-11,13H2,1H3,(H,22,27). The quantitative estimate of drug-likeness (QED) is 0.207. The number of amides is 1. The van der Waals surface area contributed by atoms with Gasteiger partial charge in [0.1, 0.15) is 0 Å². The zero-order chi connectivity index (χ0) is 22.2. The molecule has 1 aromatic heterocycles. The molecule has 0 bridgehead atoms. The van der Waals surface area contributed by atoms with Crippen LogP contribution in [0.2, 0.25) is 5.02 Å². The highest BCUT2D eigenvalue weighted by atomic mass is 35.5. The third kappa shape index (κ3) is 6.03. The summed E-state index contributed by atoms with van der Waals surface area (Å²) in [7, 11) is 1.63. The minimum Gasteiger partial charge on any atom is -0.385 e. The van der Waals surface area contributed by atoms with Crippen molar-refractivity contribution >= 4 is 40.6 Å². The molecule has 0 saturated carbocycles. The number of nitrogens with one attached hydrogen (secondary N) is 1.